The number of rotatable bonds is 0. The number of nitrogens with zero attached hydrogens (tertiary/aromatic N) is 1. The summed E-state index contributed by atoms with van der Waals surface area (Å²) in [4.78, 5) is 2.72. The average molecular weight is 153 g/mol. The molecule has 0 aromatic heterocycles. The molecule has 0 radical (unpaired) electrons. The maximum atomic E-state index is 2.72. The fourth-order valence-electron chi connectivity index (χ4n) is 2.75. The topological polar surface area (TPSA) is 3.24 Å². The van der Waals surface area contributed by atoms with Crippen LogP contribution in [0.1, 0.15) is 39.0 Å². The summed E-state index contributed by atoms with van der Waals surface area (Å²) in [5, 5.41) is 0. The smallest absolute Gasteiger partial charge is 0.0121 e. The maximum absolute atomic E-state index is 2.72. The summed E-state index contributed by atoms with van der Waals surface area (Å²) in [5.74, 6) is 0.976. The molecule has 2 heterocycles. The van der Waals surface area contributed by atoms with Crippen LogP contribution in [0.25, 0.3) is 0 Å². The molecule has 0 aliphatic carbocycles. The van der Waals surface area contributed by atoms with Crippen molar-refractivity contribution in [2.75, 3.05) is 13.1 Å². The van der Waals surface area contributed by atoms with Crippen molar-refractivity contribution in [3.63, 3.8) is 0 Å². The van der Waals surface area contributed by atoms with Gasteiger partial charge in [0.05, 0.1) is 0 Å². The normalized spacial score (nSPS) is 40.1. The van der Waals surface area contributed by atoms with Gasteiger partial charge < -0.3 is 4.90 Å². The molecule has 0 N–H and O–H groups in total. The van der Waals surface area contributed by atoms with E-state index in [1.165, 1.54) is 45.2 Å². The van der Waals surface area contributed by atoms with Gasteiger partial charge in [0.25, 0.3) is 0 Å². The maximum Gasteiger partial charge on any atom is 0.0121 e. The number of hydrogen-bond donors (Lipinski definition) is 0. The van der Waals surface area contributed by atoms with Gasteiger partial charge in [0, 0.05) is 6.04 Å². The molecule has 0 spiro atoms. The third kappa shape index (κ3) is 1.44. The van der Waals surface area contributed by atoms with Crippen molar-refractivity contribution < 1.29 is 0 Å². The molecule has 2 rings (SSSR count). The molecule has 2 aliphatic heterocycles. The second kappa shape index (κ2) is 3.14. The van der Waals surface area contributed by atoms with E-state index in [1.807, 2.05) is 0 Å². The lowest BCUT2D eigenvalue weighted by Gasteiger charge is -2.43. The van der Waals surface area contributed by atoms with Crippen molar-refractivity contribution >= 4 is 0 Å². The summed E-state index contributed by atoms with van der Waals surface area (Å²) in [6.07, 6.45) is 7.31. The van der Waals surface area contributed by atoms with Crippen molar-refractivity contribution in [1.82, 2.24) is 4.90 Å². The summed E-state index contributed by atoms with van der Waals surface area (Å²) in [6, 6.07) is 0.956. The second-order valence-electron chi connectivity index (χ2n) is 4.22. The molecule has 0 amide bonds. The number of fused-ring (bicyclic) bond motifs is 1. The van der Waals surface area contributed by atoms with E-state index in [-0.39, 0.29) is 0 Å². The van der Waals surface area contributed by atoms with Gasteiger partial charge in [-0.1, -0.05) is 13.3 Å². The Hall–Kier alpha value is -0.0400. The van der Waals surface area contributed by atoms with Crippen molar-refractivity contribution in [1.29, 1.82) is 0 Å². The van der Waals surface area contributed by atoms with Crippen LogP contribution in [-0.4, -0.2) is 24.0 Å². The summed E-state index contributed by atoms with van der Waals surface area (Å²) in [6.45, 7) is 5.20. The Kier molecular flexibility index (Phi) is 2.17. The summed E-state index contributed by atoms with van der Waals surface area (Å²) < 4.78 is 0. The molecule has 11 heavy (non-hydrogen) atoms. The lowest BCUT2D eigenvalue weighted by Crippen LogP contribution is -2.46. The highest BCUT2D eigenvalue weighted by Gasteiger charge is 2.29. The molecule has 0 bridgehead atoms. The minimum absolute atomic E-state index is 0.956. The Morgan fingerprint density at radius 2 is 1.82 bits per heavy atom. The van der Waals surface area contributed by atoms with E-state index < -0.39 is 0 Å². The third-order valence-corrected chi connectivity index (χ3v) is 3.43. The molecule has 0 aromatic carbocycles. The first kappa shape index (κ1) is 7.60. The minimum Gasteiger partial charge on any atom is -0.300 e. The molecule has 2 atom stereocenters. The van der Waals surface area contributed by atoms with Gasteiger partial charge in [-0.05, 0) is 44.7 Å². The van der Waals surface area contributed by atoms with Crippen LogP contribution in [0.5, 0.6) is 0 Å². The number of piperidine rings is 2. The van der Waals surface area contributed by atoms with Crippen molar-refractivity contribution in [3.05, 3.63) is 0 Å². The molecular weight excluding hydrogens is 134 g/mol. The molecule has 2 aliphatic rings. The van der Waals surface area contributed by atoms with Gasteiger partial charge >= 0.3 is 0 Å². The highest BCUT2D eigenvalue weighted by Crippen LogP contribution is 2.29. The molecule has 1 unspecified atom stereocenters. The van der Waals surface area contributed by atoms with Crippen LogP contribution in [-0.2, 0) is 0 Å². The zero-order valence-corrected chi connectivity index (χ0v) is 7.55. The van der Waals surface area contributed by atoms with E-state index in [9.17, 15) is 0 Å². The lowest BCUT2D eigenvalue weighted by atomic mass is 9.85. The van der Waals surface area contributed by atoms with Crippen LogP contribution in [0.3, 0.4) is 0 Å². The first-order valence-corrected chi connectivity index (χ1v) is 5.12. The molecule has 1 nitrogen and oxygen atoms in total. The van der Waals surface area contributed by atoms with Crippen LogP contribution in [0.15, 0.2) is 0 Å². The SMILES string of the molecule is C[C@H]1CCCN2CCCCC12. The van der Waals surface area contributed by atoms with E-state index in [0.29, 0.717) is 0 Å². The zero-order chi connectivity index (χ0) is 7.68. The van der Waals surface area contributed by atoms with Crippen molar-refractivity contribution in [2.24, 2.45) is 5.92 Å². The van der Waals surface area contributed by atoms with Gasteiger partial charge in [-0.15, -0.1) is 0 Å². The standard InChI is InChI=1S/C10H19N/c1-9-5-4-8-11-7-3-2-6-10(9)11/h9-10H,2-8H2,1H3/t9-,10?/m0/s1. The first-order chi connectivity index (χ1) is 5.38. The molecule has 0 aromatic rings. The van der Waals surface area contributed by atoms with E-state index >= 15 is 0 Å². The van der Waals surface area contributed by atoms with Gasteiger partial charge in [-0.3, -0.25) is 0 Å². The van der Waals surface area contributed by atoms with Gasteiger partial charge in [0.1, 0.15) is 0 Å². The molecule has 2 saturated heterocycles. The van der Waals surface area contributed by atoms with Crippen LogP contribution in [0.4, 0.5) is 0 Å². The first-order valence-electron chi connectivity index (χ1n) is 5.12. The summed E-state index contributed by atoms with van der Waals surface area (Å²) in [5.41, 5.74) is 0. The Morgan fingerprint density at radius 1 is 1.00 bits per heavy atom. The Bertz CT molecular complexity index is 131. The fraction of sp³-hybridized carbons (Fsp3) is 1.00. The summed E-state index contributed by atoms with van der Waals surface area (Å²) in [7, 11) is 0. The van der Waals surface area contributed by atoms with Crippen molar-refractivity contribution in [3.8, 4) is 0 Å². The van der Waals surface area contributed by atoms with E-state index in [0.717, 1.165) is 12.0 Å². The Labute approximate surface area is 69.8 Å². The quantitative estimate of drug-likeness (QED) is 0.516. The molecular formula is C10H19N. The van der Waals surface area contributed by atoms with Gasteiger partial charge in [-0.25, -0.2) is 0 Å². The molecule has 0 saturated carbocycles. The predicted molar refractivity (Wildman–Crippen MR) is 47.6 cm³/mol. The highest BCUT2D eigenvalue weighted by molar-refractivity contribution is 4.84. The van der Waals surface area contributed by atoms with Crippen LogP contribution in [0, 0.1) is 5.92 Å². The summed E-state index contributed by atoms with van der Waals surface area (Å²) >= 11 is 0. The van der Waals surface area contributed by atoms with Crippen LogP contribution >= 0.6 is 0 Å². The fourth-order valence-corrected chi connectivity index (χ4v) is 2.75. The zero-order valence-electron chi connectivity index (χ0n) is 7.55. The second-order valence-corrected chi connectivity index (χ2v) is 4.22. The van der Waals surface area contributed by atoms with E-state index in [4.69, 9.17) is 0 Å². The van der Waals surface area contributed by atoms with Crippen LogP contribution < -0.4 is 0 Å². The average Bonchev–Trinajstić information content (AvgIpc) is 2.06. The number of hydrogen-bond acceptors (Lipinski definition) is 1. The van der Waals surface area contributed by atoms with Gasteiger partial charge in [0.15, 0.2) is 0 Å². The van der Waals surface area contributed by atoms with Crippen LogP contribution in [0.2, 0.25) is 0 Å². The predicted octanol–water partition coefficient (Wildman–Crippen LogP) is 2.27. The Balaban J connectivity index is 1.99. The lowest BCUT2D eigenvalue weighted by molar-refractivity contribution is 0.0674. The van der Waals surface area contributed by atoms with Crippen molar-refractivity contribution in [2.45, 2.75) is 45.1 Å². The monoisotopic (exact) mass is 153 g/mol. The molecule has 1 heteroatoms. The molecule has 2 fully saturated rings. The largest absolute Gasteiger partial charge is 0.300 e. The Morgan fingerprint density at radius 3 is 2.64 bits per heavy atom. The van der Waals surface area contributed by atoms with E-state index in [1.54, 1.807) is 0 Å². The molecule has 64 valence electrons. The third-order valence-electron chi connectivity index (χ3n) is 3.43. The minimum atomic E-state index is 0.956. The van der Waals surface area contributed by atoms with E-state index in [2.05, 4.69) is 11.8 Å². The van der Waals surface area contributed by atoms with Gasteiger partial charge in [-0.2, -0.15) is 0 Å². The highest BCUT2D eigenvalue weighted by atomic mass is 15.2. The van der Waals surface area contributed by atoms with Gasteiger partial charge in [0.2, 0.25) is 0 Å².